The maximum atomic E-state index is 14.4. The van der Waals surface area contributed by atoms with Crippen LogP contribution in [0.4, 0.5) is 0 Å². The molecule has 13 heteroatoms. The molecule has 0 amide bonds. The molecule has 0 radical (unpaired) electrons. The van der Waals surface area contributed by atoms with E-state index in [0.717, 1.165) is 197 Å². The van der Waals surface area contributed by atoms with Crippen molar-refractivity contribution in [3.8, 4) is 44.5 Å². The van der Waals surface area contributed by atoms with Gasteiger partial charge in [-0.25, -0.2) is 9.97 Å². The molecular formula is C116H106N8O4Sn. The second-order valence-corrected chi connectivity index (χ2v) is 45.6. The molecule has 3 aliphatic heterocycles. The number of aliphatic hydroxyl groups is 2. The molecule has 0 spiro atoms. The van der Waals surface area contributed by atoms with Crippen LogP contribution in [0.1, 0.15) is 208 Å². The Balaban J connectivity index is 0.000000133. The van der Waals surface area contributed by atoms with Gasteiger partial charge in [-0.15, -0.1) is 0 Å². The van der Waals surface area contributed by atoms with Crippen molar-refractivity contribution in [2.45, 2.75) is 114 Å². The van der Waals surface area contributed by atoms with Gasteiger partial charge in [-0.05, 0) is 139 Å². The summed E-state index contributed by atoms with van der Waals surface area (Å²) in [4.78, 5) is 54.2. The third-order valence-electron chi connectivity index (χ3n) is 25.5. The largest absolute Gasteiger partial charge is 0.382 e. The summed E-state index contributed by atoms with van der Waals surface area (Å²) in [7, 11) is 0. The summed E-state index contributed by atoms with van der Waals surface area (Å²) in [5.41, 5.74) is 36.1. The number of ketones is 2. The Kier molecular flexibility index (Phi) is 25.2. The molecule has 0 saturated carbocycles. The van der Waals surface area contributed by atoms with E-state index in [-0.39, 0.29) is 23.4 Å². The van der Waals surface area contributed by atoms with Gasteiger partial charge in [0.05, 0.1) is 28.7 Å². The number of nitrogens with zero attached hydrogens (tertiary/aromatic N) is 4. The van der Waals surface area contributed by atoms with E-state index in [2.05, 4.69) is 292 Å². The standard InChI is InChI=1S/C46H34N4.C31H30N2O2.C31H26N2O2.2C4H9.Sn/c1-29-13-17-33(18-14-29)45-39-25-21-35(47-39)43(31-9-5-3-6-10-31)37-23-27-41(49-37)46(34-19-15-30(2)16-20-34)42-28-24-38(50-42)44(32-11-7-4-8-12-32)36-22-26-40(45)48-36;2*1-20-8-12-23(13-9-20)30(34)27-18-16-25(32-27)29(22-6-4-3-5-7-22)26-17-19-28(33-26)31(35)24-14-10-21(2)11-15-24;2*1-3-4-2;/h3-28,47,50H,1-2H3;3-19,29-35H,1-2H3;3-19,29H,1-2H3,(H2,32,33,34,35);2*1,3-4H2,2H3;/q;;;;;+2/p-2. The predicted molar refractivity (Wildman–Crippen MR) is 531 cm³/mol. The predicted octanol–water partition coefficient (Wildman–Crippen LogP) is 27.5. The maximum absolute atomic E-state index is 14.4. The number of fused-ring (bicyclic) bond motifs is 10. The fourth-order valence-corrected chi connectivity index (χ4v) is 35.2. The zero-order chi connectivity index (χ0) is 88.8. The molecule has 12 nitrogen and oxygen atoms in total. The Bertz CT molecular complexity index is 6730. The van der Waals surface area contributed by atoms with Crippen molar-refractivity contribution in [1.82, 2.24) is 35.5 Å². The molecular weight excluding hydrogens is 1690 g/mol. The quantitative estimate of drug-likeness (QED) is 0.0291. The third kappa shape index (κ3) is 17.7. The number of aromatic amines is 4. The first kappa shape index (κ1) is 85.8. The second-order valence-electron chi connectivity index (χ2n) is 34.6. The Labute approximate surface area is 759 Å². The van der Waals surface area contributed by atoms with Crippen LogP contribution < -0.4 is 0 Å². The molecule has 7 aromatic heterocycles. The van der Waals surface area contributed by atoms with Crippen molar-refractivity contribution in [3.05, 3.63) is 475 Å². The number of nitrogens with one attached hydrogen (secondary N) is 4. The molecule has 10 aromatic carbocycles. The van der Waals surface area contributed by atoms with Gasteiger partial charge < -0.3 is 30.1 Å². The minimum Gasteiger partial charge on any atom is -0.382 e. The number of carbonyl (C=O) groups is 2. The van der Waals surface area contributed by atoms with Gasteiger partial charge in [0, 0.05) is 67.1 Å². The van der Waals surface area contributed by atoms with E-state index in [9.17, 15) is 19.8 Å². The van der Waals surface area contributed by atoms with Crippen LogP contribution in [-0.4, -0.2) is 76.2 Å². The summed E-state index contributed by atoms with van der Waals surface area (Å²) in [6, 6.07) is 116. The van der Waals surface area contributed by atoms with E-state index in [1.54, 1.807) is 0 Å². The number of rotatable bonds is 22. The average molecular weight is 1790 g/mol. The monoisotopic (exact) mass is 1790 g/mol. The van der Waals surface area contributed by atoms with Crippen LogP contribution >= 0.6 is 0 Å². The molecule has 2 atom stereocenters. The van der Waals surface area contributed by atoms with Crippen LogP contribution in [0.3, 0.4) is 0 Å². The van der Waals surface area contributed by atoms with Crippen molar-refractivity contribution >= 4 is 76.9 Å². The number of hydrogen-bond donors (Lipinski definition) is 6. The SMILES string of the molecule is CCC[CH2][Sn]1([CH2]CCC)[n]2c(C(=O)c3ccc(C)cc3)ccc2C(c2ccccc2)c2ccc(C(=O)c3ccc(C)cc3)[n]21.Cc1ccc(-c2c3nc(c(-c4ccccc4)c4ccc([nH]4)c(-c4ccc(C)cc4)c4nc(c(-c5ccccc5)c5ccc2[nH]5)C=C4)C=C3)cc1.Cc1ccc(C(O)c2ccc(C(c3ccccc3)c3ccc(C(O)c4ccc(C)cc4)[nH]3)[nH]2)cc1. The van der Waals surface area contributed by atoms with E-state index in [0.29, 0.717) is 11.1 Å². The van der Waals surface area contributed by atoms with Crippen LogP contribution in [0.2, 0.25) is 8.87 Å². The smallest absolute Gasteiger partial charge is 0.119 e. The van der Waals surface area contributed by atoms with Crippen LogP contribution in [-0.2, 0) is 0 Å². The number of hydrogen-bond acceptors (Lipinski definition) is 6. The molecule has 129 heavy (non-hydrogen) atoms. The molecule has 2 unspecified atom stereocenters. The summed E-state index contributed by atoms with van der Waals surface area (Å²) in [6.07, 6.45) is 11.4. The van der Waals surface area contributed by atoms with Gasteiger partial charge in [-0.1, -0.05) is 210 Å². The van der Waals surface area contributed by atoms with Crippen molar-refractivity contribution in [3.63, 3.8) is 0 Å². The van der Waals surface area contributed by atoms with Gasteiger partial charge in [-0.3, -0.25) is 0 Å². The van der Waals surface area contributed by atoms with E-state index < -0.39 is 31.1 Å². The molecule has 638 valence electrons. The van der Waals surface area contributed by atoms with Gasteiger partial charge in [0.1, 0.15) is 12.2 Å². The van der Waals surface area contributed by atoms with Crippen molar-refractivity contribution in [1.29, 1.82) is 0 Å². The summed E-state index contributed by atoms with van der Waals surface area (Å²) < 4.78 is 7.19. The van der Waals surface area contributed by atoms with E-state index in [1.807, 2.05) is 153 Å². The zero-order valence-corrected chi connectivity index (χ0v) is 77.0. The first-order chi connectivity index (χ1) is 63.0. The summed E-state index contributed by atoms with van der Waals surface area (Å²) in [5, 5.41) is 21.9. The van der Waals surface area contributed by atoms with Crippen LogP contribution in [0.15, 0.2) is 340 Å². The third-order valence-corrected chi connectivity index (χ3v) is 39.7. The molecule has 20 rings (SSSR count). The Morgan fingerprint density at radius 2 is 0.628 bits per heavy atom. The molecule has 17 aromatic rings. The van der Waals surface area contributed by atoms with Gasteiger partial charge >= 0.3 is 268 Å². The van der Waals surface area contributed by atoms with E-state index >= 15 is 0 Å². The molecule has 0 aliphatic carbocycles. The number of H-pyrrole nitrogens is 4. The molecule has 6 N–H and O–H groups in total. The molecule has 10 heterocycles. The average Bonchev–Trinajstić information content (AvgIpc) is 1.55. The van der Waals surface area contributed by atoms with E-state index in [1.165, 1.54) is 28.1 Å². The van der Waals surface area contributed by atoms with Gasteiger partial charge in [0.15, 0.2) is 0 Å². The van der Waals surface area contributed by atoms with Crippen molar-refractivity contribution < 1.29 is 19.8 Å². The number of aromatic nitrogens is 8. The van der Waals surface area contributed by atoms with Crippen molar-refractivity contribution in [2.24, 2.45) is 0 Å². The summed E-state index contributed by atoms with van der Waals surface area (Å²) >= 11 is -3.85. The Morgan fingerprint density at radius 3 is 0.969 bits per heavy atom. The number of aliphatic hydroxyl groups excluding tert-OH is 2. The molecule has 3 aliphatic rings. The maximum Gasteiger partial charge on any atom is 0.119 e. The van der Waals surface area contributed by atoms with Gasteiger partial charge in [-0.2, -0.15) is 0 Å². The first-order valence-electron chi connectivity index (χ1n) is 45.0. The number of aryl methyl sites for hydroxylation is 6. The van der Waals surface area contributed by atoms with Crippen molar-refractivity contribution in [2.75, 3.05) is 0 Å². The normalized spacial score (nSPS) is 13.2. The van der Waals surface area contributed by atoms with Crippen LogP contribution in [0.5, 0.6) is 0 Å². The number of unbranched alkanes of at least 4 members (excludes halogenated alkanes) is 2. The number of benzene rings is 10. The number of carbonyl (C=O) groups excluding carboxylic acids is 2. The van der Waals surface area contributed by atoms with E-state index in [4.69, 9.17) is 9.97 Å². The van der Waals surface area contributed by atoms with Crippen LogP contribution in [0.25, 0.3) is 90.9 Å². The Hall–Kier alpha value is -14.0. The first-order valence-corrected chi connectivity index (χ1v) is 51.6. The fraction of sp³-hybridized carbons (Fsp3) is 0.155. The molecule has 0 saturated heterocycles. The summed E-state index contributed by atoms with van der Waals surface area (Å²) in [5.74, 6) is -0.0316. The fourth-order valence-electron chi connectivity index (χ4n) is 18.7. The van der Waals surface area contributed by atoms with Gasteiger partial charge in [0.25, 0.3) is 0 Å². The zero-order valence-electron chi connectivity index (χ0n) is 74.2. The summed E-state index contributed by atoms with van der Waals surface area (Å²) in [6.45, 7) is 16.9. The minimum absolute atomic E-state index is 0.0663. The second kappa shape index (κ2) is 37.9. The molecule has 8 bridgehead atoms. The molecule has 0 fully saturated rings. The van der Waals surface area contributed by atoms with Crippen LogP contribution in [0, 0.1) is 41.5 Å². The Morgan fingerprint density at radius 1 is 0.326 bits per heavy atom. The van der Waals surface area contributed by atoms with Gasteiger partial charge in [0.2, 0.25) is 0 Å². The topological polar surface area (TPSA) is 173 Å². The minimum atomic E-state index is -3.85.